The molecule has 9 heteroatoms. The van der Waals surface area contributed by atoms with Crippen molar-refractivity contribution in [2.24, 2.45) is 0 Å². The number of rotatable bonds is 7. The van der Waals surface area contributed by atoms with Gasteiger partial charge in [-0.25, -0.2) is 4.79 Å². The van der Waals surface area contributed by atoms with Crippen LogP contribution in [0.25, 0.3) is 0 Å². The lowest BCUT2D eigenvalue weighted by atomic mass is 9.81. The Morgan fingerprint density at radius 3 is 2.45 bits per heavy atom. The molecular weight excluding hydrogens is 384 g/mol. The fraction of sp³-hybridized carbons (Fsp3) is 0.550. The Morgan fingerprint density at radius 1 is 1.17 bits per heavy atom. The molecule has 1 aliphatic heterocycles. The maximum Gasteiger partial charge on any atom is 0.387 e. The van der Waals surface area contributed by atoms with Gasteiger partial charge in [-0.1, -0.05) is 31.4 Å². The van der Waals surface area contributed by atoms with Gasteiger partial charge in [0.15, 0.2) is 0 Å². The second-order valence-electron chi connectivity index (χ2n) is 7.45. The number of benzene rings is 1. The molecule has 0 radical (unpaired) electrons. The molecular formula is C20H25F2N3O4. The molecule has 158 valence electrons. The predicted octanol–water partition coefficient (Wildman–Crippen LogP) is 2.54. The highest BCUT2D eigenvalue weighted by molar-refractivity contribution is 6.08. The van der Waals surface area contributed by atoms with Crippen LogP contribution in [-0.4, -0.2) is 59.9 Å². The first-order chi connectivity index (χ1) is 13.8. The lowest BCUT2D eigenvalue weighted by Gasteiger charge is -2.35. The fourth-order valence-corrected chi connectivity index (χ4v) is 4.05. The molecule has 1 aromatic rings. The molecule has 1 N–H and O–H groups in total. The highest BCUT2D eigenvalue weighted by Gasteiger charge is 2.55. The molecule has 1 aliphatic carbocycles. The number of carbonyl (C=O) groups is 3. The van der Waals surface area contributed by atoms with Gasteiger partial charge in [0.25, 0.3) is 5.91 Å². The van der Waals surface area contributed by atoms with Crippen LogP contribution < -0.4 is 10.1 Å². The zero-order valence-corrected chi connectivity index (χ0v) is 16.3. The van der Waals surface area contributed by atoms with Crippen molar-refractivity contribution in [2.45, 2.75) is 50.7 Å². The van der Waals surface area contributed by atoms with Crippen LogP contribution in [0.3, 0.4) is 0 Å². The van der Waals surface area contributed by atoms with Gasteiger partial charge < -0.3 is 15.0 Å². The van der Waals surface area contributed by atoms with Gasteiger partial charge in [0, 0.05) is 13.6 Å². The van der Waals surface area contributed by atoms with Gasteiger partial charge in [-0.2, -0.15) is 8.78 Å². The van der Waals surface area contributed by atoms with E-state index in [0.717, 1.165) is 29.7 Å². The molecule has 1 heterocycles. The summed E-state index contributed by atoms with van der Waals surface area (Å²) < 4.78 is 28.6. The Balaban J connectivity index is 1.49. The summed E-state index contributed by atoms with van der Waals surface area (Å²) in [7, 11) is 1.63. The number of imide groups is 1. The van der Waals surface area contributed by atoms with Gasteiger partial charge in [-0.05, 0) is 37.0 Å². The Hall–Kier alpha value is -2.71. The van der Waals surface area contributed by atoms with E-state index in [9.17, 15) is 23.2 Å². The third-order valence-corrected chi connectivity index (χ3v) is 5.67. The van der Waals surface area contributed by atoms with E-state index in [1.54, 1.807) is 19.2 Å². The van der Waals surface area contributed by atoms with Crippen molar-refractivity contribution < 1.29 is 27.9 Å². The van der Waals surface area contributed by atoms with Crippen molar-refractivity contribution in [1.82, 2.24) is 15.1 Å². The Bertz CT molecular complexity index is 763. The lowest BCUT2D eigenvalue weighted by Crippen LogP contribution is -2.49. The minimum Gasteiger partial charge on any atom is -0.435 e. The van der Waals surface area contributed by atoms with E-state index < -0.39 is 24.1 Å². The van der Waals surface area contributed by atoms with E-state index >= 15 is 0 Å². The number of urea groups is 1. The van der Waals surface area contributed by atoms with Crippen molar-refractivity contribution in [3.05, 3.63) is 29.8 Å². The third-order valence-electron chi connectivity index (χ3n) is 5.67. The quantitative estimate of drug-likeness (QED) is 0.702. The van der Waals surface area contributed by atoms with Gasteiger partial charge in [0.05, 0.1) is 0 Å². The molecule has 1 aromatic carbocycles. The van der Waals surface area contributed by atoms with Gasteiger partial charge in [-0.15, -0.1) is 0 Å². The zero-order valence-electron chi connectivity index (χ0n) is 16.3. The molecule has 2 aliphatic rings. The number of hydrogen-bond donors (Lipinski definition) is 1. The Morgan fingerprint density at radius 2 is 1.83 bits per heavy atom. The zero-order chi connectivity index (χ0) is 21.0. The highest BCUT2D eigenvalue weighted by Crippen LogP contribution is 2.39. The second kappa shape index (κ2) is 8.75. The standard InChI is InChI=1S/C20H25F2N3O4/c1-24-19(28)25(17(27)20(24)10-3-2-4-11-20)13-16(26)23-12-9-14-5-7-15(8-6-14)29-18(21)22/h5-8,18H,2-4,9-13H2,1H3,(H,23,26). The molecule has 1 spiro atoms. The Kier molecular flexibility index (Phi) is 6.34. The number of hydrogen-bond acceptors (Lipinski definition) is 4. The highest BCUT2D eigenvalue weighted by atomic mass is 19.3. The smallest absolute Gasteiger partial charge is 0.387 e. The SMILES string of the molecule is CN1C(=O)N(CC(=O)NCCc2ccc(OC(F)F)cc2)C(=O)C12CCCCC2. The molecule has 0 unspecified atom stereocenters. The molecule has 29 heavy (non-hydrogen) atoms. The molecule has 2 fully saturated rings. The summed E-state index contributed by atoms with van der Waals surface area (Å²) >= 11 is 0. The van der Waals surface area contributed by atoms with Crippen molar-refractivity contribution in [3.63, 3.8) is 0 Å². The second-order valence-corrected chi connectivity index (χ2v) is 7.45. The van der Waals surface area contributed by atoms with E-state index in [0.29, 0.717) is 25.8 Å². The molecule has 1 saturated heterocycles. The molecule has 3 rings (SSSR count). The first-order valence-electron chi connectivity index (χ1n) is 9.74. The Labute approximate surface area is 168 Å². The summed E-state index contributed by atoms with van der Waals surface area (Å²) in [5.41, 5.74) is 0.0404. The lowest BCUT2D eigenvalue weighted by molar-refractivity contribution is -0.137. The third kappa shape index (κ3) is 4.49. The summed E-state index contributed by atoms with van der Waals surface area (Å²) in [5.74, 6) is -0.625. The molecule has 4 amide bonds. The molecule has 0 aromatic heterocycles. The van der Waals surface area contributed by atoms with Gasteiger partial charge in [-0.3, -0.25) is 14.5 Å². The summed E-state index contributed by atoms with van der Waals surface area (Å²) in [6.45, 7) is -2.88. The van der Waals surface area contributed by atoms with Crippen LogP contribution in [0.1, 0.15) is 37.7 Å². The van der Waals surface area contributed by atoms with E-state index in [1.807, 2.05) is 0 Å². The molecule has 7 nitrogen and oxygen atoms in total. The van der Waals surface area contributed by atoms with Crippen LogP contribution in [-0.2, 0) is 16.0 Å². The minimum absolute atomic E-state index is 0.0691. The van der Waals surface area contributed by atoms with E-state index in [4.69, 9.17) is 0 Å². The van der Waals surface area contributed by atoms with Crippen molar-refractivity contribution in [3.8, 4) is 5.75 Å². The number of carbonyl (C=O) groups excluding carboxylic acids is 3. The normalized spacial score (nSPS) is 18.6. The van der Waals surface area contributed by atoms with Gasteiger partial charge in [0.2, 0.25) is 5.91 Å². The average Bonchev–Trinajstić information content (AvgIpc) is 2.86. The topological polar surface area (TPSA) is 79.0 Å². The van der Waals surface area contributed by atoms with Gasteiger partial charge >= 0.3 is 12.6 Å². The summed E-state index contributed by atoms with van der Waals surface area (Å²) in [6.07, 6.45) is 4.59. The van der Waals surface area contributed by atoms with Crippen LogP contribution in [0.2, 0.25) is 0 Å². The van der Waals surface area contributed by atoms with E-state index in [1.165, 1.54) is 17.0 Å². The van der Waals surface area contributed by atoms with Gasteiger partial charge in [0.1, 0.15) is 17.8 Å². The number of nitrogens with one attached hydrogen (secondary N) is 1. The number of halogens is 2. The molecule has 1 saturated carbocycles. The van der Waals surface area contributed by atoms with E-state index in [-0.39, 0.29) is 18.2 Å². The van der Waals surface area contributed by atoms with Crippen molar-refractivity contribution in [2.75, 3.05) is 20.1 Å². The average molecular weight is 409 g/mol. The van der Waals surface area contributed by atoms with Crippen LogP contribution in [0.15, 0.2) is 24.3 Å². The molecule has 0 bridgehead atoms. The van der Waals surface area contributed by atoms with Crippen LogP contribution in [0, 0.1) is 0 Å². The van der Waals surface area contributed by atoms with Crippen LogP contribution in [0.5, 0.6) is 5.75 Å². The van der Waals surface area contributed by atoms with Crippen LogP contribution >= 0.6 is 0 Å². The first-order valence-corrected chi connectivity index (χ1v) is 9.74. The maximum atomic E-state index is 12.9. The number of amides is 4. The summed E-state index contributed by atoms with van der Waals surface area (Å²) in [4.78, 5) is 40.2. The number of nitrogens with zero attached hydrogens (tertiary/aromatic N) is 2. The summed E-state index contributed by atoms with van der Waals surface area (Å²) in [5, 5.41) is 2.70. The summed E-state index contributed by atoms with van der Waals surface area (Å²) in [6, 6.07) is 5.72. The van der Waals surface area contributed by atoms with Crippen molar-refractivity contribution in [1.29, 1.82) is 0 Å². The number of alkyl halides is 2. The predicted molar refractivity (Wildman–Crippen MR) is 100 cm³/mol. The largest absolute Gasteiger partial charge is 0.435 e. The minimum atomic E-state index is -2.87. The fourth-order valence-electron chi connectivity index (χ4n) is 4.05. The van der Waals surface area contributed by atoms with Crippen LogP contribution in [0.4, 0.5) is 13.6 Å². The number of ether oxygens (including phenoxy) is 1. The molecule has 0 atom stereocenters. The number of likely N-dealkylation sites (N-methyl/N-ethyl adjacent to an activating group) is 1. The monoisotopic (exact) mass is 409 g/mol. The van der Waals surface area contributed by atoms with Crippen molar-refractivity contribution >= 4 is 17.8 Å². The maximum absolute atomic E-state index is 12.9. The van der Waals surface area contributed by atoms with E-state index in [2.05, 4.69) is 10.1 Å². The first kappa shape index (κ1) is 21.0.